The number of hydrogen-bond acceptors (Lipinski definition) is 6. The van der Waals surface area contributed by atoms with Crippen LogP contribution in [0.1, 0.15) is 187 Å². The number of benzene rings is 2. The zero-order valence-electron chi connectivity index (χ0n) is 36.1. The minimum absolute atomic E-state index is 0.199. The summed E-state index contributed by atoms with van der Waals surface area (Å²) in [4.78, 5) is 46.8. The topological polar surface area (TPSA) is 179 Å². The summed E-state index contributed by atoms with van der Waals surface area (Å²) in [5.74, 6) is -1.68. The molecule has 0 unspecified atom stereocenters. The summed E-state index contributed by atoms with van der Waals surface area (Å²) < 4.78 is 6.81. The van der Waals surface area contributed by atoms with Crippen molar-refractivity contribution in [3.8, 4) is 11.5 Å². The maximum absolute atomic E-state index is 11.7. The number of hydrogen-bond donors (Lipinski definition) is 5. The number of aryl methyl sites for hydroxylation is 4. The SMILES string of the molecule is Cc1c(CCCCCC2(C(=O)O)CC2)cc(COc2c(CCCCCC3(C(=O)O)CC3)cc(O)cc2CCCCCC2(C(=O)O)CC2)cc1CCCCCC1(C(=O)O)CC1. The summed E-state index contributed by atoms with van der Waals surface area (Å²) in [5.41, 5.74) is 4.79. The van der Waals surface area contributed by atoms with Gasteiger partial charge in [0.05, 0.1) is 21.7 Å². The highest BCUT2D eigenvalue weighted by Crippen LogP contribution is 2.52. The molecular formula is C50H70O10. The number of carbonyl (C=O) groups is 4. The third-order valence-electron chi connectivity index (χ3n) is 14.9. The van der Waals surface area contributed by atoms with E-state index >= 15 is 0 Å². The zero-order valence-corrected chi connectivity index (χ0v) is 36.1. The highest BCUT2D eigenvalue weighted by atomic mass is 16.5. The Morgan fingerprint density at radius 2 is 0.767 bits per heavy atom. The predicted octanol–water partition coefficient (Wildman–Crippen LogP) is 11.2. The second-order valence-electron chi connectivity index (χ2n) is 19.5. The van der Waals surface area contributed by atoms with Crippen molar-refractivity contribution >= 4 is 23.9 Å². The van der Waals surface area contributed by atoms with Gasteiger partial charge in [-0.1, -0.05) is 63.5 Å². The van der Waals surface area contributed by atoms with E-state index in [2.05, 4.69) is 19.1 Å². The first-order valence-corrected chi connectivity index (χ1v) is 23.2. The first-order chi connectivity index (χ1) is 28.7. The molecule has 4 saturated carbocycles. The molecular weight excluding hydrogens is 761 g/mol. The number of carboxylic acids is 4. The van der Waals surface area contributed by atoms with Crippen LogP contribution in [0.15, 0.2) is 24.3 Å². The molecule has 0 spiro atoms. The fourth-order valence-electron chi connectivity index (χ4n) is 9.67. The Morgan fingerprint density at radius 3 is 1.05 bits per heavy atom. The van der Waals surface area contributed by atoms with Crippen molar-refractivity contribution < 1.29 is 49.4 Å². The van der Waals surface area contributed by atoms with E-state index in [0.717, 1.165) is 177 Å². The van der Waals surface area contributed by atoms with E-state index in [1.54, 1.807) is 12.1 Å². The molecule has 4 aliphatic rings. The van der Waals surface area contributed by atoms with Crippen LogP contribution < -0.4 is 4.74 Å². The minimum atomic E-state index is -0.682. The second kappa shape index (κ2) is 19.7. The summed E-state index contributed by atoms with van der Waals surface area (Å²) in [6, 6.07) is 8.13. The van der Waals surface area contributed by atoms with Gasteiger partial charge >= 0.3 is 23.9 Å². The van der Waals surface area contributed by atoms with E-state index in [-0.39, 0.29) is 5.75 Å². The Morgan fingerprint density at radius 1 is 0.467 bits per heavy atom. The van der Waals surface area contributed by atoms with Gasteiger partial charge in [0.1, 0.15) is 18.1 Å². The predicted molar refractivity (Wildman–Crippen MR) is 230 cm³/mol. The molecule has 10 heteroatoms. The third kappa shape index (κ3) is 11.8. The van der Waals surface area contributed by atoms with Gasteiger partial charge in [-0.3, -0.25) is 19.2 Å². The Labute approximate surface area is 356 Å². The van der Waals surface area contributed by atoms with Crippen molar-refractivity contribution in [3.63, 3.8) is 0 Å². The molecule has 0 bridgehead atoms. The van der Waals surface area contributed by atoms with E-state index in [1.807, 2.05) is 0 Å². The summed E-state index contributed by atoms with van der Waals surface area (Å²) >= 11 is 0. The average molecular weight is 831 g/mol. The standard InChI is InChI=1S/C50H70O10/c1-35-37(14-6-2-10-18-47(22-23-47)43(52)53)30-36(31-38(35)15-7-3-11-19-48(24-25-48)44(54)55)34-60-42-39(16-8-4-12-20-49(26-27-49)45(56)57)32-41(51)33-40(42)17-9-5-13-21-50(28-29-50)46(58)59/h30-33,51H,2-29,34H2,1H3,(H,52,53)(H,54,55)(H,56,57)(H,58,59). The maximum Gasteiger partial charge on any atom is 0.309 e. The third-order valence-corrected chi connectivity index (χ3v) is 14.9. The number of phenols is 1. The Kier molecular flexibility index (Phi) is 15.0. The minimum Gasteiger partial charge on any atom is -0.508 e. The Bertz CT molecular complexity index is 1720. The maximum atomic E-state index is 11.7. The molecule has 10 nitrogen and oxygen atoms in total. The lowest BCUT2D eigenvalue weighted by molar-refractivity contribution is -0.144. The molecule has 6 rings (SSSR count). The zero-order chi connectivity index (χ0) is 43.0. The van der Waals surface area contributed by atoms with Gasteiger partial charge in [-0.05, 0) is 181 Å². The van der Waals surface area contributed by atoms with Crippen molar-refractivity contribution in [2.75, 3.05) is 0 Å². The number of unbranched alkanes of at least 4 members (excludes halogenated alkanes) is 8. The molecule has 330 valence electrons. The van der Waals surface area contributed by atoms with E-state index in [1.165, 1.54) is 16.7 Å². The van der Waals surface area contributed by atoms with Gasteiger partial charge in [0.15, 0.2) is 0 Å². The first kappa shape index (κ1) is 45.4. The van der Waals surface area contributed by atoms with Gasteiger partial charge < -0.3 is 30.3 Å². The molecule has 0 saturated heterocycles. The number of rotatable bonds is 31. The fourth-order valence-corrected chi connectivity index (χ4v) is 9.67. The lowest BCUT2D eigenvalue weighted by Crippen LogP contribution is -2.14. The average Bonchev–Trinajstić information content (AvgIpc) is 4.00. The molecule has 60 heavy (non-hydrogen) atoms. The van der Waals surface area contributed by atoms with Crippen LogP contribution in [0.3, 0.4) is 0 Å². The van der Waals surface area contributed by atoms with Crippen LogP contribution in [-0.4, -0.2) is 49.4 Å². The van der Waals surface area contributed by atoms with Gasteiger partial charge in [0, 0.05) is 0 Å². The van der Waals surface area contributed by atoms with Crippen molar-refractivity contribution in [3.05, 3.63) is 57.6 Å². The second-order valence-corrected chi connectivity index (χ2v) is 19.5. The normalized spacial score (nSPS) is 18.4. The van der Waals surface area contributed by atoms with Gasteiger partial charge in [-0.25, -0.2) is 0 Å². The van der Waals surface area contributed by atoms with Crippen molar-refractivity contribution in [1.82, 2.24) is 0 Å². The summed E-state index contributed by atoms with van der Waals surface area (Å²) in [7, 11) is 0. The summed E-state index contributed by atoms with van der Waals surface area (Å²) in [5, 5.41) is 49.4. The molecule has 0 amide bonds. The van der Waals surface area contributed by atoms with Gasteiger partial charge in [-0.2, -0.15) is 0 Å². The van der Waals surface area contributed by atoms with Crippen LogP contribution in [0.5, 0.6) is 11.5 Å². The number of aromatic hydroxyl groups is 1. The molecule has 4 fully saturated rings. The Balaban J connectivity index is 1.13. The van der Waals surface area contributed by atoms with Gasteiger partial charge in [-0.15, -0.1) is 0 Å². The van der Waals surface area contributed by atoms with Gasteiger partial charge in [0.25, 0.3) is 0 Å². The van der Waals surface area contributed by atoms with Crippen LogP contribution in [0.25, 0.3) is 0 Å². The molecule has 0 aromatic heterocycles. The number of carboxylic acid groups (broad SMARTS) is 4. The van der Waals surface area contributed by atoms with Crippen LogP contribution in [-0.2, 0) is 51.5 Å². The summed E-state index contributed by atoms with van der Waals surface area (Å²) in [6.07, 6.45) is 23.2. The highest BCUT2D eigenvalue weighted by molar-refractivity contribution is 5.79. The molecule has 5 N–H and O–H groups in total. The van der Waals surface area contributed by atoms with E-state index in [4.69, 9.17) is 4.74 Å². The largest absolute Gasteiger partial charge is 0.508 e. The van der Waals surface area contributed by atoms with Crippen LogP contribution >= 0.6 is 0 Å². The monoisotopic (exact) mass is 830 g/mol. The van der Waals surface area contributed by atoms with Crippen molar-refractivity contribution in [2.45, 2.75) is 193 Å². The summed E-state index contributed by atoms with van der Waals surface area (Å²) in [6.45, 7) is 2.55. The van der Waals surface area contributed by atoms with Crippen LogP contribution in [0, 0.1) is 28.6 Å². The van der Waals surface area contributed by atoms with Crippen molar-refractivity contribution in [2.24, 2.45) is 21.7 Å². The number of phenolic OH excluding ortho intramolecular Hbond substituents is 1. The smallest absolute Gasteiger partial charge is 0.309 e. The fraction of sp³-hybridized carbons (Fsp3) is 0.680. The molecule has 2 aromatic carbocycles. The lowest BCUT2D eigenvalue weighted by atomic mass is 9.91. The Hall–Kier alpha value is -4.08. The lowest BCUT2D eigenvalue weighted by Gasteiger charge is -2.19. The van der Waals surface area contributed by atoms with Crippen molar-refractivity contribution in [1.29, 1.82) is 0 Å². The van der Waals surface area contributed by atoms with E-state index in [0.29, 0.717) is 32.3 Å². The van der Waals surface area contributed by atoms with Crippen LogP contribution in [0.2, 0.25) is 0 Å². The van der Waals surface area contributed by atoms with Gasteiger partial charge in [0.2, 0.25) is 0 Å². The van der Waals surface area contributed by atoms with E-state index < -0.39 is 45.5 Å². The molecule has 0 atom stereocenters. The molecule has 4 aliphatic carbocycles. The molecule has 0 aliphatic heterocycles. The van der Waals surface area contributed by atoms with Crippen LogP contribution in [0.4, 0.5) is 0 Å². The highest BCUT2D eigenvalue weighted by Gasteiger charge is 2.51. The quantitative estimate of drug-likeness (QED) is 0.0459. The molecule has 0 radical (unpaired) electrons. The first-order valence-electron chi connectivity index (χ1n) is 23.2. The molecule has 2 aromatic rings. The number of ether oxygens (including phenoxy) is 1. The van der Waals surface area contributed by atoms with E-state index in [9.17, 15) is 44.7 Å². The molecule has 0 heterocycles. The number of aliphatic carboxylic acids is 4.